The van der Waals surface area contributed by atoms with E-state index in [0.717, 1.165) is 9.87 Å². The van der Waals surface area contributed by atoms with E-state index in [1.807, 2.05) is 6.92 Å². The van der Waals surface area contributed by atoms with Gasteiger partial charge in [-0.15, -0.1) is 11.3 Å². The van der Waals surface area contributed by atoms with Crippen LogP contribution in [-0.2, 0) is 10.0 Å². The molecule has 7 heteroatoms. The van der Waals surface area contributed by atoms with E-state index in [0.29, 0.717) is 11.4 Å². The van der Waals surface area contributed by atoms with Crippen LogP contribution in [0.3, 0.4) is 0 Å². The van der Waals surface area contributed by atoms with Crippen LogP contribution < -0.4 is 4.31 Å². The van der Waals surface area contributed by atoms with Crippen LogP contribution in [0, 0.1) is 24.2 Å². The Balaban J connectivity index is 2.16. The first kappa shape index (κ1) is 20.0. The average Bonchev–Trinajstić information content (AvgIpc) is 2.74. The van der Waals surface area contributed by atoms with Gasteiger partial charge >= 0.3 is 0 Å². The molecule has 0 atom stereocenters. The number of nitroso groups, excluding NO2 is 1. The summed E-state index contributed by atoms with van der Waals surface area (Å²) in [5.74, 6) is 2.27. The van der Waals surface area contributed by atoms with Gasteiger partial charge in [-0.1, -0.05) is 35.9 Å². The van der Waals surface area contributed by atoms with Gasteiger partial charge in [0.25, 0.3) is 10.0 Å². The molecule has 0 aliphatic carbocycles. The van der Waals surface area contributed by atoms with Gasteiger partial charge in [0.05, 0.1) is 16.3 Å². The molecular formula is C22H17N3O3S. The fourth-order valence-electron chi connectivity index (χ4n) is 2.60. The van der Waals surface area contributed by atoms with E-state index in [4.69, 9.17) is 6.42 Å². The van der Waals surface area contributed by atoms with Crippen LogP contribution in [0.5, 0.6) is 0 Å². The number of aryl methyl sites for hydroxylation is 1. The van der Waals surface area contributed by atoms with E-state index in [-0.39, 0.29) is 16.4 Å². The second kappa shape index (κ2) is 8.50. The summed E-state index contributed by atoms with van der Waals surface area (Å²) in [6, 6.07) is 21.0. The third-order valence-corrected chi connectivity index (χ3v) is 5.79. The molecule has 0 N–H and O–H groups in total. The van der Waals surface area contributed by atoms with Crippen molar-refractivity contribution in [3.63, 3.8) is 0 Å². The second-order valence-corrected chi connectivity index (χ2v) is 7.89. The van der Waals surface area contributed by atoms with Crippen LogP contribution in [0.4, 0.5) is 17.1 Å². The third kappa shape index (κ3) is 4.39. The lowest BCUT2D eigenvalue weighted by Crippen LogP contribution is -2.36. The van der Waals surface area contributed by atoms with Gasteiger partial charge < -0.3 is 0 Å². The topological polar surface area (TPSA) is 79.2 Å². The maximum Gasteiger partial charge on any atom is 0.270 e. The molecule has 0 aliphatic rings. The number of anilines is 1. The Morgan fingerprint density at radius 3 is 2.03 bits per heavy atom. The summed E-state index contributed by atoms with van der Waals surface area (Å²) in [5.41, 5.74) is 1.92. The lowest BCUT2D eigenvalue weighted by molar-refractivity contribution is 0.597. The molecule has 0 radical (unpaired) electrons. The van der Waals surface area contributed by atoms with E-state index in [1.54, 1.807) is 42.5 Å². The number of nitrogens with zero attached hydrogens (tertiary/aromatic N) is 3. The molecule has 0 heterocycles. The van der Waals surface area contributed by atoms with Crippen LogP contribution in [0.2, 0.25) is 0 Å². The minimum atomic E-state index is -4.02. The molecule has 0 amide bonds. The van der Waals surface area contributed by atoms with E-state index >= 15 is 0 Å². The maximum absolute atomic E-state index is 13.4. The van der Waals surface area contributed by atoms with Gasteiger partial charge in [-0.3, -0.25) is 0 Å². The average molecular weight is 403 g/mol. The number of rotatable bonds is 5. The van der Waals surface area contributed by atoms with Gasteiger partial charge in [0.15, 0.2) is 5.84 Å². The van der Waals surface area contributed by atoms with Crippen molar-refractivity contribution in [1.82, 2.24) is 0 Å². The minimum absolute atomic E-state index is 0.0930. The normalized spacial score (nSPS) is 11.5. The molecule has 29 heavy (non-hydrogen) atoms. The van der Waals surface area contributed by atoms with Crippen molar-refractivity contribution in [3.8, 4) is 12.3 Å². The standard InChI is InChI=1S/C22H17N3O3S/c1-3-22(23-18-11-13-19(24-26)14-12-18)25(20-7-5-4-6-8-20)29(27,28)21-15-9-17(2)10-16-21/h1,4-16H,2H3. The van der Waals surface area contributed by atoms with Gasteiger partial charge in [0.1, 0.15) is 5.69 Å². The summed E-state index contributed by atoms with van der Waals surface area (Å²) < 4.78 is 27.9. The molecule has 0 spiro atoms. The van der Waals surface area contributed by atoms with Crippen molar-refractivity contribution in [2.45, 2.75) is 11.8 Å². The van der Waals surface area contributed by atoms with Crippen molar-refractivity contribution in [3.05, 3.63) is 89.3 Å². The Kier molecular flexibility index (Phi) is 5.86. The molecule has 0 unspecified atom stereocenters. The van der Waals surface area contributed by atoms with Crippen LogP contribution in [0.15, 0.2) is 93.9 Å². The largest absolute Gasteiger partial charge is 0.270 e. The van der Waals surface area contributed by atoms with Crippen LogP contribution >= 0.6 is 0 Å². The number of hydrogen-bond donors (Lipinski definition) is 0. The van der Waals surface area contributed by atoms with Crippen molar-refractivity contribution in [1.29, 1.82) is 0 Å². The van der Waals surface area contributed by atoms with Crippen molar-refractivity contribution in [2.24, 2.45) is 10.2 Å². The highest BCUT2D eigenvalue weighted by molar-refractivity contribution is 7.93. The second-order valence-electron chi connectivity index (χ2n) is 6.11. The number of aliphatic imine (C=N–C) groups is 1. The Morgan fingerprint density at radius 2 is 1.48 bits per heavy atom. The summed E-state index contributed by atoms with van der Waals surface area (Å²) in [6.07, 6.45) is 5.66. The van der Waals surface area contributed by atoms with Crippen molar-refractivity contribution >= 4 is 32.9 Å². The molecule has 3 aromatic rings. The van der Waals surface area contributed by atoms with Gasteiger partial charge in [0, 0.05) is 0 Å². The maximum atomic E-state index is 13.4. The zero-order valence-corrected chi connectivity index (χ0v) is 16.4. The number of amidine groups is 1. The lowest BCUT2D eigenvalue weighted by atomic mass is 10.2. The number of sulfonamides is 1. The Labute approximate surface area is 169 Å². The van der Waals surface area contributed by atoms with Gasteiger partial charge in [-0.05, 0) is 66.6 Å². The molecule has 0 saturated heterocycles. The lowest BCUT2D eigenvalue weighted by Gasteiger charge is -2.23. The monoisotopic (exact) mass is 403 g/mol. The zero-order chi connectivity index (χ0) is 20.9. The van der Waals surface area contributed by atoms with Gasteiger partial charge in [0.2, 0.25) is 0 Å². The Bertz CT molecular complexity index is 1180. The molecule has 0 aromatic heterocycles. The van der Waals surface area contributed by atoms with Gasteiger partial charge in [-0.25, -0.2) is 17.7 Å². The van der Waals surface area contributed by atoms with Crippen LogP contribution in [0.25, 0.3) is 0 Å². The summed E-state index contributed by atoms with van der Waals surface area (Å²) in [4.78, 5) is 15.0. The molecule has 6 nitrogen and oxygen atoms in total. The van der Waals surface area contributed by atoms with E-state index in [9.17, 15) is 13.3 Å². The number of para-hydroxylation sites is 1. The Hall–Kier alpha value is -3.76. The minimum Gasteiger partial charge on any atom is -0.222 e. The van der Waals surface area contributed by atoms with Crippen molar-refractivity contribution < 1.29 is 8.42 Å². The first-order valence-electron chi connectivity index (χ1n) is 8.61. The summed E-state index contributed by atoms with van der Waals surface area (Å²) in [5, 5.41) is 2.83. The number of benzene rings is 3. The fourth-order valence-corrected chi connectivity index (χ4v) is 4.01. The SMILES string of the molecule is C#CC(=Nc1ccc(N=O)cc1)N(c1ccccc1)S(=O)(=O)c1ccc(C)cc1. The molecule has 0 bridgehead atoms. The van der Waals surface area contributed by atoms with E-state index < -0.39 is 10.0 Å². The summed E-state index contributed by atoms with van der Waals surface area (Å²) in [7, 11) is -4.02. The number of terminal acetylenes is 1. The van der Waals surface area contributed by atoms with Crippen LogP contribution in [0.1, 0.15) is 5.56 Å². The molecule has 0 saturated carbocycles. The van der Waals surface area contributed by atoms with Crippen LogP contribution in [-0.4, -0.2) is 14.3 Å². The van der Waals surface area contributed by atoms with Crippen molar-refractivity contribution in [2.75, 3.05) is 4.31 Å². The summed E-state index contributed by atoms with van der Waals surface area (Å²) in [6.45, 7) is 1.87. The molecule has 3 aromatic carbocycles. The third-order valence-electron chi connectivity index (χ3n) is 4.06. The van der Waals surface area contributed by atoms with E-state index in [2.05, 4.69) is 16.1 Å². The highest BCUT2D eigenvalue weighted by atomic mass is 32.2. The number of hydrogen-bond acceptors (Lipinski definition) is 5. The molecule has 3 rings (SSSR count). The quantitative estimate of drug-likeness (QED) is 0.262. The fraction of sp³-hybridized carbons (Fsp3) is 0.0455. The smallest absolute Gasteiger partial charge is 0.222 e. The highest BCUT2D eigenvalue weighted by Gasteiger charge is 2.28. The molecule has 0 aliphatic heterocycles. The molecule has 0 fully saturated rings. The predicted molar refractivity (Wildman–Crippen MR) is 115 cm³/mol. The highest BCUT2D eigenvalue weighted by Crippen LogP contribution is 2.26. The predicted octanol–water partition coefficient (Wildman–Crippen LogP) is 4.95. The first-order chi connectivity index (χ1) is 14.0. The first-order valence-corrected chi connectivity index (χ1v) is 10.1. The summed E-state index contributed by atoms with van der Waals surface area (Å²) >= 11 is 0. The molecular weight excluding hydrogens is 386 g/mol. The Morgan fingerprint density at radius 1 is 0.897 bits per heavy atom. The molecule has 144 valence electrons. The van der Waals surface area contributed by atoms with Gasteiger partial charge in [-0.2, -0.15) is 0 Å². The van der Waals surface area contributed by atoms with E-state index in [1.165, 1.54) is 36.4 Å². The zero-order valence-electron chi connectivity index (χ0n) is 15.6.